The van der Waals surface area contributed by atoms with E-state index in [-0.39, 0.29) is 6.61 Å². The molecule has 0 aliphatic carbocycles. The van der Waals surface area contributed by atoms with Crippen LogP contribution >= 0.6 is 11.6 Å². The van der Waals surface area contributed by atoms with Gasteiger partial charge in [-0.2, -0.15) is 0 Å². The first-order valence-corrected chi connectivity index (χ1v) is 5.18. The summed E-state index contributed by atoms with van der Waals surface area (Å²) in [5, 5.41) is 0.492. The first kappa shape index (κ1) is 10.8. The van der Waals surface area contributed by atoms with Crippen LogP contribution in [0.5, 0.6) is 0 Å². The molecule has 0 saturated carbocycles. The second kappa shape index (κ2) is 4.86. The molecule has 0 spiro atoms. The molecule has 0 aliphatic rings. The van der Waals surface area contributed by atoms with Gasteiger partial charge in [0.15, 0.2) is 0 Å². The van der Waals surface area contributed by atoms with Crippen molar-refractivity contribution in [3.8, 4) is 0 Å². The summed E-state index contributed by atoms with van der Waals surface area (Å²) in [7, 11) is 0. The van der Waals surface area contributed by atoms with Crippen LogP contribution in [0.2, 0.25) is 5.02 Å². The first-order chi connectivity index (χ1) is 7.75. The minimum atomic E-state index is -0.407. The second-order valence-electron chi connectivity index (χ2n) is 3.29. The highest BCUT2D eigenvalue weighted by atomic mass is 35.5. The quantitative estimate of drug-likeness (QED) is 0.831. The van der Waals surface area contributed by atoms with Gasteiger partial charge in [-0.15, -0.1) is 0 Å². The van der Waals surface area contributed by atoms with Crippen molar-refractivity contribution in [2.24, 2.45) is 0 Å². The van der Waals surface area contributed by atoms with Gasteiger partial charge < -0.3 is 9.72 Å². The van der Waals surface area contributed by atoms with E-state index in [2.05, 4.69) is 4.98 Å². The van der Waals surface area contributed by atoms with Crippen LogP contribution in [-0.2, 0) is 11.3 Å². The minimum absolute atomic E-state index is 0.260. The fourth-order valence-corrected chi connectivity index (χ4v) is 1.45. The van der Waals surface area contributed by atoms with Crippen LogP contribution in [0.15, 0.2) is 42.6 Å². The number of halogens is 1. The number of H-pyrrole nitrogens is 1. The van der Waals surface area contributed by atoms with E-state index in [9.17, 15) is 4.79 Å². The lowest BCUT2D eigenvalue weighted by molar-refractivity contribution is 0.0466. The molecular weight excluding hydrogens is 226 g/mol. The molecule has 0 fully saturated rings. The lowest BCUT2D eigenvalue weighted by Crippen LogP contribution is -2.05. The van der Waals surface area contributed by atoms with Crippen LogP contribution in [-0.4, -0.2) is 11.0 Å². The molecule has 1 aromatic heterocycles. The van der Waals surface area contributed by atoms with Crippen molar-refractivity contribution in [3.05, 3.63) is 58.9 Å². The third kappa shape index (κ3) is 2.64. The number of hydrogen-bond acceptors (Lipinski definition) is 2. The number of aromatic amines is 1. The largest absolute Gasteiger partial charge is 0.456 e. The predicted octanol–water partition coefficient (Wildman–Crippen LogP) is 3.03. The maximum Gasteiger partial charge on any atom is 0.355 e. The Kier molecular flexibility index (Phi) is 3.27. The van der Waals surface area contributed by atoms with Gasteiger partial charge in [-0.05, 0) is 11.6 Å². The van der Waals surface area contributed by atoms with Crippen molar-refractivity contribution in [3.63, 3.8) is 0 Å². The Morgan fingerprint density at radius 2 is 2.06 bits per heavy atom. The molecule has 16 heavy (non-hydrogen) atoms. The summed E-state index contributed by atoms with van der Waals surface area (Å²) in [5.41, 5.74) is 1.31. The Morgan fingerprint density at radius 3 is 2.69 bits per heavy atom. The number of carbonyl (C=O) groups is 1. The second-order valence-corrected chi connectivity index (χ2v) is 3.73. The molecular formula is C12H10ClNO2. The number of ether oxygens (including phenoxy) is 1. The third-order valence-corrected chi connectivity index (χ3v) is 2.30. The highest BCUT2D eigenvalue weighted by Gasteiger charge is 2.09. The zero-order valence-corrected chi connectivity index (χ0v) is 9.20. The van der Waals surface area contributed by atoms with Crippen molar-refractivity contribution in [2.75, 3.05) is 0 Å². The fraction of sp³-hybridized carbons (Fsp3) is 0.0833. The van der Waals surface area contributed by atoms with Gasteiger partial charge in [0.2, 0.25) is 0 Å². The number of carbonyl (C=O) groups excluding carboxylic acids is 1. The Labute approximate surface area is 98.0 Å². The summed E-state index contributed by atoms with van der Waals surface area (Å²) in [6.45, 7) is 0.260. The maximum absolute atomic E-state index is 11.5. The average Bonchev–Trinajstić information content (AvgIpc) is 2.74. The number of esters is 1. The molecule has 2 aromatic rings. The van der Waals surface area contributed by atoms with Gasteiger partial charge in [0.1, 0.15) is 12.3 Å². The number of nitrogens with one attached hydrogen (secondary N) is 1. The molecule has 0 bridgehead atoms. The number of rotatable bonds is 3. The number of aromatic nitrogens is 1. The number of benzene rings is 1. The van der Waals surface area contributed by atoms with Crippen LogP contribution in [0, 0.1) is 0 Å². The number of hydrogen-bond donors (Lipinski definition) is 1. The van der Waals surface area contributed by atoms with E-state index in [1.165, 1.54) is 6.07 Å². The van der Waals surface area contributed by atoms with Crippen LogP contribution in [0.25, 0.3) is 0 Å². The molecule has 0 atom stereocenters. The molecule has 3 nitrogen and oxygen atoms in total. The van der Waals surface area contributed by atoms with Crippen molar-refractivity contribution < 1.29 is 9.53 Å². The standard InChI is InChI=1S/C12H10ClNO2/c13-10-6-11(14-7-10)12(15)16-8-9-4-2-1-3-5-9/h1-7,14H,8H2. The summed E-state index contributed by atoms with van der Waals surface area (Å²) >= 11 is 5.68. The monoisotopic (exact) mass is 235 g/mol. The highest BCUT2D eigenvalue weighted by molar-refractivity contribution is 6.30. The zero-order valence-electron chi connectivity index (χ0n) is 8.44. The van der Waals surface area contributed by atoms with Gasteiger partial charge in [0.25, 0.3) is 0 Å². The molecule has 2 rings (SSSR count). The van der Waals surface area contributed by atoms with Crippen LogP contribution in [0.3, 0.4) is 0 Å². The van der Waals surface area contributed by atoms with Crippen molar-refractivity contribution in [1.29, 1.82) is 0 Å². The van der Waals surface area contributed by atoms with Crippen LogP contribution < -0.4 is 0 Å². The van der Waals surface area contributed by atoms with E-state index in [4.69, 9.17) is 16.3 Å². The van der Waals surface area contributed by atoms with Gasteiger partial charge in [-0.1, -0.05) is 41.9 Å². The molecule has 0 saturated heterocycles. The molecule has 1 heterocycles. The zero-order chi connectivity index (χ0) is 11.4. The van der Waals surface area contributed by atoms with Gasteiger partial charge in [0.05, 0.1) is 5.02 Å². The Morgan fingerprint density at radius 1 is 1.31 bits per heavy atom. The molecule has 0 aliphatic heterocycles. The van der Waals surface area contributed by atoms with Gasteiger partial charge >= 0.3 is 5.97 Å². The molecule has 4 heteroatoms. The van der Waals surface area contributed by atoms with E-state index in [1.807, 2.05) is 30.3 Å². The minimum Gasteiger partial charge on any atom is -0.456 e. The molecule has 1 aromatic carbocycles. The van der Waals surface area contributed by atoms with Crippen molar-refractivity contribution in [1.82, 2.24) is 4.98 Å². The van der Waals surface area contributed by atoms with Gasteiger partial charge in [-0.3, -0.25) is 0 Å². The molecule has 1 N–H and O–H groups in total. The van der Waals surface area contributed by atoms with Crippen LogP contribution in [0.1, 0.15) is 16.1 Å². The summed E-state index contributed by atoms with van der Waals surface area (Å²) in [5.74, 6) is -0.407. The van der Waals surface area contributed by atoms with E-state index in [1.54, 1.807) is 6.20 Å². The summed E-state index contributed by atoms with van der Waals surface area (Å²) < 4.78 is 5.10. The summed E-state index contributed by atoms with van der Waals surface area (Å²) in [6, 6.07) is 11.0. The first-order valence-electron chi connectivity index (χ1n) is 4.80. The summed E-state index contributed by atoms with van der Waals surface area (Å²) in [4.78, 5) is 14.3. The smallest absolute Gasteiger partial charge is 0.355 e. The molecule has 0 unspecified atom stereocenters. The fourth-order valence-electron chi connectivity index (χ4n) is 1.29. The Hall–Kier alpha value is -1.74. The van der Waals surface area contributed by atoms with Gasteiger partial charge in [-0.25, -0.2) is 4.79 Å². The molecule has 82 valence electrons. The SMILES string of the molecule is O=C(OCc1ccccc1)c1cc(Cl)c[nH]1. The van der Waals surface area contributed by atoms with E-state index >= 15 is 0 Å². The average molecular weight is 236 g/mol. The van der Waals surface area contributed by atoms with E-state index in [0.717, 1.165) is 5.56 Å². The van der Waals surface area contributed by atoms with E-state index in [0.29, 0.717) is 10.7 Å². The predicted molar refractivity (Wildman–Crippen MR) is 61.4 cm³/mol. The summed E-state index contributed by atoms with van der Waals surface area (Å²) in [6.07, 6.45) is 1.54. The normalized spacial score (nSPS) is 10.1. The molecule has 0 radical (unpaired) electrons. The topological polar surface area (TPSA) is 42.1 Å². The van der Waals surface area contributed by atoms with Crippen LogP contribution in [0.4, 0.5) is 0 Å². The van der Waals surface area contributed by atoms with Crippen molar-refractivity contribution in [2.45, 2.75) is 6.61 Å². The lowest BCUT2D eigenvalue weighted by atomic mass is 10.2. The van der Waals surface area contributed by atoms with Gasteiger partial charge in [0, 0.05) is 6.20 Å². The Balaban J connectivity index is 1.94. The lowest BCUT2D eigenvalue weighted by Gasteiger charge is -2.02. The Bertz CT molecular complexity index is 479. The maximum atomic E-state index is 11.5. The molecule has 0 amide bonds. The third-order valence-electron chi connectivity index (χ3n) is 2.08. The van der Waals surface area contributed by atoms with Crippen molar-refractivity contribution >= 4 is 17.6 Å². The van der Waals surface area contributed by atoms with E-state index < -0.39 is 5.97 Å². The highest BCUT2D eigenvalue weighted by Crippen LogP contribution is 2.11.